The van der Waals surface area contributed by atoms with Crippen molar-refractivity contribution in [3.8, 4) is 0 Å². The molecule has 1 aliphatic heterocycles. The zero-order valence-electron chi connectivity index (χ0n) is 7.56. The van der Waals surface area contributed by atoms with Crippen LogP contribution in [0.3, 0.4) is 0 Å². The van der Waals surface area contributed by atoms with E-state index in [4.69, 9.17) is 5.11 Å². The van der Waals surface area contributed by atoms with Crippen molar-refractivity contribution in [1.29, 1.82) is 0 Å². The molecule has 0 aliphatic carbocycles. The quantitative estimate of drug-likeness (QED) is 0.795. The van der Waals surface area contributed by atoms with E-state index in [9.17, 15) is 4.79 Å². The van der Waals surface area contributed by atoms with Crippen LogP contribution in [-0.2, 0) is 4.79 Å². The highest BCUT2D eigenvalue weighted by molar-refractivity contribution is 8.01. The van der Waals surface area contributed by atoms with E-state index in [0.717, 1.165) is 5.69 Å². The lowest BCUT2D eigenvalue weighted by atomic mass is 10.0. The van der Waals surface area contributed by atoms with E-state index in [1.165, 1.54) is 0 Å². The van der Waals surface area contributed by atoms with Crippen LogP contribution in [0.2, 0.25) is 0 Å². The summed E-state index contributed by atoms with van der Waals surface area (Å²) in [4.78, 5) is 11.0. The standard InChI is InChI=1S/C10H11NO2S/c12-9(13)10(6-14-7-10)11-8-4-2-1-3-5-8/h1-5,11H,6-7H2,(H,12,13). The Morgan fingerprint density at radius 2 is 2.00 bits per heavy atom. The first kappa shape index (κ1) is 9.40. The Morgan fingerprint density at radius 1 is 1.36 bits per heavy atom. The number of hydrogen-bond acceptors (Lipinski definition) is 3. The Labute approximate surface area is 86.5 Å². The van der Waals surface area contributed by atoms with Crippen molar-refractivity contribution in [3.63, 3.8) is 0 Å². The number of anilines is 1. The summed E-state index contributed by atoms with van der Waals surface area (Å²) in [5.74, 6) is 0.508. The lowest BCUT2D eigenvalue weighted by Crippen LogP contribution is -2.57. The van der Waals surface area contributed by atoms with E-state index in [1.807, 2.05) is 30.3 Å². The second-order valence-electron chi connectivity index (χ2n) is 3.37. The molecule has 0 saturated carbocycles. The Balaban J connectivity index is 2.13. The summed E-state index contributed by atoms with van der Waals surface area (Å²) >= 11 is 1.65. The highest BCUT2D eigenvalue weighted by atomic mass is 32.2. The Morgan fingerprint density at radius 3 is 2.43 bits per heavy atom. The number of carboxylic acid groups (broad SMARTS) is 1. The van der Waals surface area contributed by atoms with Gasteiger partial charge >= 0.3 is 5.97 Å². The van der Waals surface area contributed by atoms with Crippen LogP contribution in [0.25, 0.3) is 0 Å². The molecule has 0 unspecified atom stereocenters. The normalized spacial score (nSPS) is 18.3. The number of benzene rings is 1. The smallest absolute Gasteiger partial charge is 0.331 e. The Bertz CT molecular complexity index is 335. The number of aliphatic carboxylic acids is 1. The molecular formula is C10H11NO2S. The van der Waals surface area contributed by atoms with Crippen LogP contribution >= 0.6 is 11.8 Å². The summed E-state index contributed by atoms with van der Waals surface area (Å²) in [6.07, 6.45) is 0. The summed E-state index contributed by atoms with van der Waals surface area (Å²) in [6.45, 7) is 0. The van der Waals surface area contributed by atoms with E-state index in [2.05, 4.69) is 5.32 Å². The third-order valence-corrected chi connectivity index (χ3v) is 3.66. The average Bonchev–Trinajstić information content (AvgIpc) is 2.12. The van der Waals surface area contributed by atoms with Gasteiger partial charge in [-0.1, -0.05) is 18.2 Å². The van der Waals surface area contributed by atoms with Gasteiger partial charge in [-0.25, -0.2) is 4.79 Å². The maximum absolute atomic E-state index is 11.0. The first-order chi connectivity index (χ1) is 6.73. The van der Waals surface area contributed by atoms with Crippen LogP contribution in [0.15, 0.2) is 30.3 Å². The van der Waals surface area contributed by atoms with E-state index in [0.29, 0.717) is 11.5 Å². The predicted molar refractivity (Wildman–Crippen MR) is 57.8 cm³/mol. The number of hydrogen-bond donors (Lipinski definition) is 2. The third-order valence-electron chi connectivity index (χ3n) is 2.26. The molecule has 1 saturated heterocycles. The molecule has 1 aromatic carbocycles. The van der Waals surface area contributed by atoms with E-state index >= 15 is 0 Å². The number of para-hydroxylation sites is 1. The monoisotopic (exact) mass is 209 g/mol. The number of rotatable bonds is 3. The number of thioether (sulfide) groups is 1. The molecule has 0 radical (unpaired) electrons. The van der Waals surface area contributed by atoms with Gasteiger partial charge in [0.1, 0.15) is 0 Å². The second-order valence-corrected chi connectivity index (χ2v) is 4.36. The van der Waals surface area contributed by atoms with E-state index in [-0.39, 0.29) is 0 Å². The minimum atomic E-state index is -0.764. The average molecular weight is 209 g/mol. The molecule has 1 fully saturated rings. The zero-order valence-corrected chi connectivity index (χ0v) is 8.38. The molecule has 2 rings (SSSR count). The largest absolute Gasteiger partial charge is 0.479 e. The lowest BCUT2D eigenvalue weighted by Gasteiger charge is -2.38. The minimum absolute atomic E-state index is 0.636. The fraction of sp³-hybridized carbons (Fsp3) is 0.300. The van der Waals surface area contributed by atoms with Crippen LogP contribution in [0.4, 0.5) is 5.69 Å². The molecule has 0 spiro atoms. The zero-order chi connectivity index (χ0) is 10.0. The van der Waals surface area contributed by atoms with Crippen molar-refractivity contribution in [2.45, 2.75) is 5.54 Å². The number of carboxylic acids is 1. The molecular weight excluding hydrogens is 198 g/mol. The summed E-state index contributed by atoms with van der Waals surface area (Å²) in [5.41, 5.74) is 0.127. The van der Waals surface area contributed by atoms with Gasteiger partial charge in [0.05, 0.1) is 0 Å². The molecule has 14 heavy (non-hydrogen) atoms. The molecule has 0 amide bonds. The minimum Gasteiger partial charge on any atom is -0.479 e. The summed E-state index contributed by atoms with van der Waals surface area (Å²) < 4.78 is 0. The summed E-state index contributed by atoms with van der Waals surface area (Å²) in [6, 6.07) is 9.46. The van der Waals surface area contributed by atoms with Gasteiger partial charge in [0.15, 0.2) is 5.54 Å². The van der Waals surface area contributed by atoms with Crippen molar-refractivity contribution < 1.29 is 9.90 Å². The van der Waals surface area contributed by atoms with Crippen molar-refractivity contribution in [1.82, 2.24) is 0 Å². The van der Waals surface area contributed by atoms with Crippen LogP contribution in [0.5, 0.6) is 0 Å². The van der Waals surface area contributed by atoms with Gasteiger partial charge in [0.2, 0.25) is 0 Å². The first-order valence-corrected chi connectivity index (χ1v) is 5.53. The number of nitrogens with one attached hydrogen (secondary N) is 1. The van der Waals surface area contributed by atoms with E-state index < -0.39 is 11.5 Å². The predicted octanol–water partition coefficient (Wildman–Crippen LogP) is 1.67. The van der Waals surface area contributed by atoms with Crippen LogP contribution in [-0.4, -0.2) is 28.1 Å². The molecule has 0 aromatic heterocycles. The van der Waals surface area contributed by atoms with E-state index in [1.54, 1.807) is 11.8 Å². The fourth-order valence-electron chi connectivity index (χ4n) is 1.35. The maximum Gasteiger partial charge on any atom is 0.331 e. The molecule has 4 heteroatoms. The van der Waals surface area contributed by atoms with Crippen molar-refractivity contribution in [3.05, 3.63) is 30.3 Å². The second kappa shape index (κ2) is 3.53. The molecule has 0 bridgehead atoms. The Hall–Kier alpha value is -1.16. The van der Waals surface area contributed by atoms with Gasteiger partial charge < -0.3 is 10.4 Å². The lowest BCUT2D eigenvalue weighted by molar-refractivity contribution is -0.141. The van der Waals surface area contributed by atoms with Crippen molar-refractivity contribution in [2.24, 2.45) is 0 Å². The molecule has 0 atom stereocenters. The summed E-state index contributed by atoms with van der Waals surface area (Å²) in [5, 5.41) is 12.1. The highest BCUT2D eigenvalue weighted by Crippen LogP contribution is 2.33. The van der Waals surface area contributed by atoms with Gasteiger partial charge in [-0.05, 0) is 12.1 Å². The topological polar surface area (TPSA) is 49.3 Å². The molecule has 1 aliphatic rings. The molecule has 3 nitrogen and oxygen atoms in total. The SMILES string of the molecule is O=C(O)C1(Nc2ccccc2)CSC1. The third kappa shape index (κ3) is 1.57. The molecule has 1 aromatic rings. The van der Waals surface area contributed by atoms with Gasteiger partial charge in [0.25, 0.3) is 0 Å². The van der Waals surface area contributed by atoms with Gasteiger partial charge in [-0.3, -0.25) is 0 Å². The number of carbonyl (C=O) groups is 1. The van der Waals surface area contributed by atoms with Gasteiger partial charge in [0, 0.05) is 17.2 Å². The van der Waals surface area contributed by atoms with Gasteiger partial charge in [-0.15, -0.1) is 0 Å². The molecule has 1 heterocycles. The molecule has 74 valence electrons. The van der Waals surface area contributed by atoms with Gasteiger partial charge in [-0.2, -0.15) is 11.8 Å². The van der Waals surface area contributed by atoms with Crippen molar-refractivity contribution >= 4 is 23.4 Å². The maximum atomic E-state index is 11.0. The highest BCUT2D eigenvalue weighted by Gasteiger charge is 2.45. The van der Waals surface area contributed by atoms with Crippen molar-refractivity contribution in [2.75, 3.05) is 16.8 Å². The first-order valence-electron chi connectivity index (χ1n) is 4.37. The van der Waals surface area contributed by atoms with Crippen LogP contribution in [0, 0.1) is 0 Å². The fourth-order valence-corrected chi connectivity index (χ4v) is 2.36. The van der Waals surface area contributed by atoms with Crippen LogP contribution < -0.4 is 5.32 Å². The Kier molecular flexibility index (Phi) is 2.37. The summed E-state index contributed by atoms with van der Waals surface area (Å²) in [7, 11) is 0. The molecule has 2 N–H and O–H groups in total. The van der Waals surface area contributed by atoms with Crippen LogP contribution in [0.1, 0.15) is 0 Å².